The Kier molecular flexibility index (Phi) is 5.16. The number of hydrogen-bond acceptors (Lipinski definition) is 3. The van der Waals surface area contributed by atoms with E-state index in [1.807, 2.05) is 54.6 Å². The molecule has 0 aromatic heterocycles. The summed E-state index contributed by atoms with van der Waals surface area (Å²) >= 11 is 0. The monoisotopic (exact) mass is 271 g/mol. The lowest BCUT2D eigenvalue weighted by Gasteiger charge is -2.20. The summed E-state index contributed by atoms with van der Waals surface area (Å²) < 4.78 is 5.81. The number of ether oxygens (including phenoxy) is 1. The number of nitrogens with one attached hydrogen (secondary N) is 1. The Bertz CT molecular complexity index is 526. The van der Waals surface area contributed by atoms with Crippen LogP contribution < -0.4 is 10.1 Å². The van der Waals surface area contributed by atoms with Crippen LogP contribution in [-0.4, -0.2) is 17.8 Å². The number of para-hydroxylation sites is 1. The Morgan fingerprint density at radius 2 is 1.70 bits per heavy atom. The molecule has 0 saturated heterocycles. The zero-order valence-corrected chi connectivity index (χ0v) is 11.9. The van der Waals surface area contributed by atoms with Crippen molar-refractivity contribution < 1.29 is 9.84 Å². The second-order valence-corrected chi connectivity index (χ2v) is 5.04. The molecule has 0 amide bonds. The van der Waals surface area contributed by atoms with Crippen LogP contribution in [0.25, 0.3) is 0 Å². The number of rotatable bonds is 6. The van der Waals surface area contributed by atoms with Gasteiger partial charge in [-0.05, 0) is 29.8 Å². The average Bonchev–Trinajstić information content (AvgIpc) is 2.46. The van der Waals surface area contributed by atoms with Gasteiger partial charge in [0, 0.05) is 6.04 Å². The second-order valence-electron chi connectivity index (χ2n) is 5.04. The van der Waals surface area contributed by atoms with Crippen LogP contribution in [0.15, 0.2) is 54.6 Å². The molecule has 0 heterocycles. The van der Waals surface area contributed by atoms with E-state index in [1.165, 1.54) is 0 Å². The second kappa shape index (κ2) is 7.08. The van der Waals surface area contributed by atoms with E-state index >= 15 is 0 Å². The third kappa shape index (κ3) is 4.08. The molecule has 2 rings (SSSR count). The molecular weight excluding hydrogens is 250 g/mol. The first-order chi connectivity index (χ1) is 9.69. The molecule has 2 N–H and O–H groups in total. The minimum atomic E-state index is -0.0747. The number of aliphatic hydroxyl groups is 1. The molecule has 3 heteroatoms. The molecule has 0 aliphatic carbocycles. The van der Waals surface area contributed by atoms with Crippen molar-refractivity contribution in [3.8, 4) is 11.5 Å². The van der Waals surface area contributed by atoms with Crippen molar-refractivity contribution in [1.29, 1.82) is 0 Å². The highest BCUT2D eigenvalue weighted by atomic mass is 16.5. The zero-order valence-electron chi connectivity index (χ0n) is 11.9. The molecule has 1 unspecified atom stereocenters. The third-order valence-corrected chi connectivity index (χ3v) is 2.96. The van der Waals surface area contributed by atoms with Crippen molar-refractivity contribution in [2.45, 2.75) is 25.9 Å². The van der Waals surface area contributed by atoms with E-state index in [1.54, 1.807) is 0 Å². The van der Waals surface area contributed by atoms with Gasteiger partial charge < -0.3 is 15.2 Å². The highest BCUT2D eigenvalue weighted by Gasteiger charge is 2.12. The molecule has 2 aromatic carbocycles. The van der Waals surface area contributed by atoms with Crippen LogP contribution >= 0.6 is 0 Å². The van der Waals surface area contributed by atoms with Crippen LogP contribution in [0.5, 0.6) is 11.5 Å². The molecule has 0 spiro atoms. The first kappa shape index (κ1) is 14.6. The summed E-state index contributed by atoms with van der Waals surface area (Å²) in [6.07, 6.45) is 0. The maximum absolute atomic E-state index is 9.51. The molecule has 0 radical (unpaired) electrons. The van der Waals surface area contributed by atoms with E-state index in [0.717, 1.165) is 17.1 Å². The first-order valence-electron chi connectivity index (χ1n) is 6.89. The Labute approximate surface area is 120 Å². The fourth-order valence-corrected chi connectivity index (χ4v) is 2.08. The maximum atomic E-state index is 9.51. The standard InChI is InChI=1S/C17H21NO2/c1-13(2)18-17(12-19)14-7-6-10-16(11-14)20-15-8-4-3-5-9-15/h3-11,13,17-19H,12H2,1-2H3. The first-order valence-corrected chi connectivity index (χ1v) is 6.89. The van der Waals surface area contributed by atoms with Crippen molar-refractivity contribution in [3.63, 3.8) is 0 Å². The van der Waals surface area contributed by atoms with Gasteiger partial charge in [-0.1, -0.05) is 44.2 Å². The average molecular weight is 271 g/mol. The molecule has 1 atom stereocenters. The molecule has 3 nitrogen and oxygen atoms in total. The largest absolute Gasteiger partial charge is 0.457 e. The molecular formula is C17H21NO2. The van der Waals surface area contributed by atoms with Gasteiger partial charge in [-0.3, -0.25) is 0 Å². The maximum Gasteiger partial charge on any atom is 0.127 e. The van der Waals surface area contributed by atoms with Gasteiger partial charge in [0.1, 0.15) is 11.5 Å². The van der Waals surface area contributed by atoms with Crippen LogP contribution in [0.1, 0.15) is 25.5 Å². The lowest BCUT2D eigenvalue weighted by molar-refractivity contribution is 0.237. The van der Waals surface area contributed by atoms with Crippen LogP contribution in [0.2, 0.25) is 0 Å². The van der Waals surface area contributed by atoms with Crippen LogP contribution in [0.3, 0.4) is 0 Å². The summed E-state index contributed by atoms with van der Waals surface area (Å²) in [5.41, 5.74) is 1.02. The summed E-state index contributed by atoms with van der Waals surface area (Å²) in [4.78, 5) is 0. The highest BCUT2D eigenvalue weighted by Crippen LogP contribution is 2.24. The lowest BCUT2D eigenvalue weighted by Crippen LogP contribution is -2.30. The van der Waals surface area contributed by atoms with Crippen molar-refractivity contribution in [2.75, 3.05) is 6.61 Å². The summed E-state index contributed by atoms with van der Waals surface area (Å²) in [7, 11) is 0. The van der Waals surface area contributed by atoms with E-state index in [2.05, 4.69) is 19.2 Å². The van der Waals surface area contributed by atoms with Crippen molar-refractivity contribution in [2.24, 2.45) is 0 Å². The summed E-state index contributed by atoms with van der Waals surface area (Å²) in [5.74, 6) is 1.58. The molecule has 0 aliphatic heterocycles. The SMILES string of the molecule is CC(C)NC(CO)c1cccc(Oc2ccccc2)c1. The van der Waals surface area contributed by atoms with Gasteiger partial charge in [-0.25, -0.2) is 0 Å². The Balaban J connectivity index is 2.14. The van der Waals surface area contributed by atoms with Gasteiger partial charge in [0.15, 0.2) is 0 Å². The van der Waals surface area contributed by atoms with Gasteiger partial charge in [0.2, 0.25) is 0 Å². The smallest absolute Gasteiger partial charge is 0.127 e. The normalized spacial score (nSPS) is 12.4. The summed E-state index contributed by atoms with van der Waals surface area (Å²) in [5, 5.41) is 12.8. The Morgan fingerprint density at radius 3 is 2.35 bits per heavy atom. The fourth-order valence-electron chi connectivity index (χ4n) is 2.08. The fraction of sp³-hybridized carbons (Fsp3) is 0.294. The molecule has 0 bridgehead atoms. The van der Waals surface area contributed by atoms with Crippen LogP contribution in [0.4, 0.5) is 0 Å². The van der Waals surface area contributed by atoms with Crippen molar-refractivity contribution in [3.05, 3.63) is 60.2 Å². The van der Waals surface area contributed by atoms with E-state index in [0.29, 0.717) is 6.04 Å². The molecule has 0 aliphatic rings. The Hall–Kier alpha value is -1.84. The number of benzene rings is 2. The van der Waals surface area contributed by atoms with Gasteiger partial charge in [-0.15, -0.1) is 0 Å². The minimum absolute atomic E-state index is 0.0625. The molecule has 0 saturated carbocycles. The van der Waals surface area contributed by atoms with Crippen LogP contribution in [-0.2, 0) is 0 Å². The predicted molar refractivity (Wildman–Crippen MR) is 81.1 cm³/mol. The van der Waals surface area contributed by atoms with E-state index in [4.69, 9.17) is 4.74 Å². The van der Waals surface area contributed by atoms with Gasteiger partial charge in [0.05, 0.1) is 12.6 Å². The number of hydrogen-bond donors (Lipinski definition) is 2. The molecule has 106 valence electrons. The van der Waals surface area contributed by atoms with Crippen LogP contribution in [0, 0.1) is 0 Å². The molecule has 0 fully saturated rings. The Morgan fingerprint density at radius 1 is 1.00 bits per heavy atom. The number of aliphatic hydroxyl groups excluding tert-OH is 1. The minimum Gasteiger partial charge on any atom is -0.457 e. The zero-order chi connectivity index (χ0) is 14.4. The lowest BCUT2D eigenvalue weighted by atomic mass is 10.1. The van der Waals surface area contributed by atoms with Crippen molar-refractivity contribution in [1.82, 2.24) is 5.32 Å². The third-order valence-electron chi connectivity index (χ3n) is 2.96. The molecule has 2 aromatic rings. The predicted octanol–water partition coefficient (Wildman–Crippen LogP) is 3.51. The summed E-state index contributed by atoms with van der Waals surface area (Å²) in [6, 6.07) is 17.7. The van der Waals surface area contributed by atoms with Gasteiger partial charge in [0.25, 0.3) is 0 Å². The summed E-state index contributed by atoms with van der Waals surface area (Å²) in [6.45, 7) is 4.19. The van der Waals surface area contributed by atoms with Gasteiger partial charge in [-0.2, -0.15) is 0 Å². The van der Waals surface area contributed by atoms with Crippen molar-refractivity contribution >= 4 is 0 Å². The topological polar surface area (TPSA) is 41.5 Å². The van der Waals surface area contributed by atoms with E-state index in [-0.39, 0.29) is 12.6 Å². The van der Waals surface area contributed by atoms with E-state index in [9.17, 15) is 5.11 Å². The van der Waals surface area contributed by atoms with Gasteiger partial charge >= 0.3 is 0 Å². The highest BCUT2D eigenvalue weighted by molar-refractivity contribution is 5.35. The van der Waals surface area contributed by atoms with E-state index < -0.39 is 0 Å². The quantitative estimate of drug-likeness (QED) is 0.844. The molecule has 20 heavy (non-hydrogen) atoms.